The monoisotopic (exact) mass is 504 g/mol. The van der Waals surface area contributed by atoms with Crippen molar-refractivity contribution >= 4 is 0 Å². The van der Waals surface area contributed by atoms with Crippen molar-refractivity contribution in [3.8, 4) is 34.0 Å². The second-order valence-electron chi connectivity index (χ2n) is 9.66. The molecule has 0 aliphatic rings. The van der Waals surface area contributed by atoms with E-state index < -0.39 is 0 Å². The molecule has 0 fully saturated rings. The third-order valence-corrected chi connectivity index (χ3v) is 6.36. The molecule has 0 N–H and O–H groups in total. The molecule has 1 atom stereocenters. The quantitative estimate of drug-likeness (QED) is 0.162. The first-order valence-corrected chi connectivity index (χ1v) is 14.1. The minimum absolute atomic E-state index is 0.0900. The van der Waals surface area contributed by atoms with Crippen molar-refractivity contribution in [2.75, 3.05) is 19.8 Å². The molecule has 2 aromatic carbocycles. The van der Waals surface area contributed by atoms with E-state index in [1.54, 1.807) is 12.4 Å². The summed E-state index contributed by atoms with van der Waals surface area (Å²) >= 11 is 0. The van der Waals surface area contributed by atoms with Gasteiger partial charge in [0.05, 0.1) is 25.1 Å². The number of aromatic nitrogens is 2. The normalized spacial score (nSPS) is 11.9. The lowest BCUT2D eigenvalue weighted by Crippen LogP contribution is -2.18. The van der Waals surface area contributed by atoms with E-state index in [2.05, 4.69) is 67.1 Å². The van der Waals surface area contributed by atoms with Crippen LogP contribution < -0.4 is 9.47 Å². The van der Waals surface area contributed by atoms with Gasteiger partial charge in [-0.3, -0.25) is 0 Å². The standard InChI is InChI=1S/C32H44N2O3/c1-4-6-8-10-12-22-36-31-23-33-32(34-24-31)29-15-13-27(14-16-29)28-17-19-30(20-18-28)37-25-26(3)35-21-11-9-7-5-2/h13-20,23-24,26H,4-12,21-22,25H2,1-3H3/t26-/m1/s1. The van der Waals surface area contributed by atoms with Crippen molar-refractivity contribution in [1.82, 2.24) is 9.97 Å². The Morgan fingerprint density at radius 2 is 1.14 bits per heavy atom. The molecule has 0 aliphatic heterocycles. The molecule has 1 aromatic heterocycles. The molecule has 5 heteroatoms. The summed E-state index contributed by atoms with van der Waals surface area (Å²) in [5.74, 6) is 2.29. The van der Waals surface area contributed by atoms with E-state index in [9.17, 15) is 0 Å². The van der Waals surface area contributed by atoms with Crippen molar-refractivity contribution in [3.05, 3.63) is 60.9 Å². The summed E-state index contributed by atoms with van der Waals surface area (Å²) in [6, 6.07) is 16.5. The Bertz CT molecular complexity index is 988. The number of benzene rings is 2. The molecule has 3 rings (SSSR count). The van der Waals surface area contributed by atoms with Crippen LogP contribution >= 0.6 is 0 Å². The van der Waals surface area contributed by atoms with Crippen LogP contribution in [-0.2, 0) is 4.74 Å². The molecular formula is C32H44N2O3. The second-order valence-corrected chi connectivity index (χ2v) is 9.66. The van der Waals surface area contributed by atoms with Gasteiger partial charge in [0.2, 0.25) is 0 Å². The van der Waals surface area contributed by atoms with Gasteiger partial charge < -0.3 is 14.2 Å². The highest BCUT2D eigenvalue weighted by Crippen LogP contribution is 2.25. The van der Waals surface area contributed by atoms with Crippen molar-refractivity contribution in [3.63, 3.8) is 0 Å². The molecule has 1 heterocycles. The van der Waals surface area contributed by atoms with E-state index in [0.717, 1.165) is 54.2 Å². The molecule has 0 spiro atoms. The van der Waals surface area contributed by atoms with E-state index in [1.165, 1.54) is 44.9 Å². The maximum atomic E-state index is 5.92. The lowest BCUT2D eigenvalue weighted by Gasteiger charge is -2.14. The van der Waals surface area contributed by atoms with Crippen LogP contribution in [0.5, 0.6) is 11.5 Å². The summed E-state index contributed by atoms with van der Waals surface area (Å²) in [4.78, 5) is 8.99. The topological polar surface area (TPSA) is 53.5 Å². The third kappa shape index (κ3) is 10.5. The van der Waals surface area contributed by atoms with Gasteiger partial charge in [0.25, 0.3) is 0 Å². The largest absolute Gasteiger partial charge is 0.491 e. The first-order valence-electron chi connectivity index (χ1n) is 14.1. The highest BCUT2D eigenvalue weighted by molar-refractivity contribution is 5.68. The van der Waals surface area contributed by atoms with Crippen LogP contribution in [0.3, 0.4) is 0 Å². The predicted octanol–water partition coefficient (Wildman–Crippen LogP) is 8.52. The highest BCUT2D eigenvalue weighted by atomic mass is 16.5. The Morgan fingerprint density at radius 1 is 0.595 bits per heavy atom. The lowest BCUT2D eigenvalue weighted by molar-refractivity contribution is 0.0303. The number of nitrogens with zero attached hydrogens (tertiary/aromatic N) is 2. The average molecular weight is 505 g/mol. The Morgan fingerprint density at radius 3 is 1.78 bits per heavy atom. The van der Waals surface area contributed by atoms with Crippen LogP contribution in [-0.4, -0.2) is 35.9 Å². The molecular weight excluding hydrogens is 460 g/mol. The average Bonchev–Trinajstić information content (AvgIpc) is 2.94. The molecule has 37 heavy (non-hydrogen) atoms. The van der Waals surface area contributed by atoms with Crippen molar-refractivity contribution in [2.24, 2.45) is 0 Å². The van der Waals surface area contributed by atoms with Crippen molar-refractivity contribution < 1.29 is 14.2 Å². The Labute approximate surface area is 223 Å². The van der Waals surface area contributed by atoms with Gasteiger partial charge in [-0.25, -0.2) is 9.97 Å². The minimum atomic E-state index is 0.0900. The molecule has 0 aliphatic carbocycles. The summed E-state index contributed by atoms with van der Waals surface area (Å²) < 4.78 is 17.5. The van der Waals surface area contributed by atoms with Gasteiger partial charge in [-0.15, -0.1) is 0 Å². The molecule has 0 saturated carbocycles. The number of ether oxygens (including phenoxy) is 3. The third-order valence-electron chi connectivity index (χ3n) is 6.36. The number of unbranched alkanes of at least 4 members (excludes halogenated alkanes) is 7. The van der Waals surface area contributed by atoms with Crippen LogP contribution in [0.25, 0.3) is 22.5 Å². The zero-order chi connectivity index (χ0) is 26.1. The van der Waals surface area contributed by atoms with Crippen LogP contribution in [0.15, 0.2) is 60.9 Å². The maximum absolute atomic E-state index is 5.92. The molecule has 0 radical (unpaired) electrons. The van der Waals surface area contributed by atoms with E-state index >= 15 is 0 Å². The molecule has 5 nitrogen and oxygen atoms in total. The summed E-state index contributed by atoms with van der Waals surface area (Å²) in [6.45, 7) is 8.60. The smallest absolute Gasteiger partial charge is 0.159 e. The van der Waals surface area contributed by atoms with E-state index in [0.29, 0.717) is 12.4 Å². The molecule has 0 unspecified atom stereocenters. The second kappa shape index (κ2) is 16.8. The number of hydrogen-bond donors (Lipinski definition) is 0. The number of hydrogen-bond acceptors (Lipinski definition) is 5. The molecule has 0 saturated heterocycles. The summed E-state index contributed by atoms with van der Waals surface area (Å²) in [6.07, 6.45) is 14.6. The van der Waals surface area contributed by atoms with Crippen molar-refractivity contribution in [1.29, 1.82) is 0 Å². The lowest BCUT2D eigenvalue weighted by atomic mass is 10.0. The summed E-state index contributed by atoms with van der Waals surface area (Å²) in [5.41, 5.74) is 3.27. The Kier molecular flexibility index (Phi) is 13.0. The first-order chi connectivity index (χ1) is 18.2. The Hall–Kier alpha value is -2.92. The van der Waals surface area contributed by atoms with Crippen LogP contribution in [0, 0.1) is 0 Å². The van der Waals surface area contributed by atoms with Crippen LogP contribution in [0.4, 0.5) is 0 Å². The zero-order valence-electron chi connectivity index (χ0n) is 23.0. The van der Waals surface area contributed by atoms with Crippen LogP contribution in [0.2, 0.25) is 0 Å². The van der Waals surface area contributed by atoms with Gasteiger partial charge in [0.15, 0.2) is 11.6 Å². The fraction of sp³-hybridized carbons (Fsp3) is 0.500. The molecule has 3 aromatic rings. The zero-order valence-corrected chi connectivity index (χ0v) is 23.0. The highest BCUT2D eigenvalue weighted by Gasteiger charge is 2.06. The van der Waals surface area contributed by atoms with E-state index in [-0.39, 0.29) is 6.10 Å². The molecule has 0 amide bonds. The van der Waals surface area contributed by atoms with E-state index in [1.807, 2.05) is 12.1 Å². The van der Waals surface area contributed by atoms with Gasteiger partial charge in [0, 0.05) is 12.2 Å². The maximum Gasteiger partial charge on any atom is 0.159 e. The SMILES string of the molecule is CCCCCCCOc1cnc(-c2ccc(-c3ccc(OC[C@@H](C)OCCCCCC)cc3)cc2)nc1. The molecule has 0 bridgehead atoms. The van der Waals surface area contributed by atoms with Gasteiger partial charge in [0.1, 0.15) is 12.4 Å². The van der Waals surface area contributed by atoms with Gasteiger partial charge in [-0.05, 0) is 43.0 Å². The van der Waals surface area contributed by atoms with Gasteiger partial charge >= 0.3 is 0 Å². The summed E-state index contributed by atoms with van der Waals surface area (Å²) in [5, 5.41) is 0. The fourth-order valence-corrected chi connectivity index (χ4v) is 4.07. The van der Waals surface area contributed by atoms with Crippen molar-refractivity contribution in [2.45, 2.75) is 84.7 Å². The van der Waals surface area contributed by atoms with E-state index in [4.69, 9.17) is 14.2 Å². The van der Waals surface area contributed by atoms with Gasteiger partial charge in [-0.2, -0.15) is 0 Å². The number of rotatable bonds is 18. The first kappa shape index (κ1) is 28.6. The molecule has 200 valence electrons. The minimum Gasteiger partial charge on any atom is -0.491 e. The van der Waals surface area contributed by atoms with Crippen LogP contribution in [0.1, 0.15) is 78.6 Å². The fourth-order valence-electron chi connectivity index (χ4n) is 4.07. The summed E-state index contributed by atoms with van der Waals surface area (Å²) in [7, 11) is 0. The predicted molar refractivity (Wildman–Crippen MR) is 152 cm³/mol. The Balaban J connectivity index is 1.43. The van der Waals surface area contributed by atoms with Gasteiger partial charge in [-0.1, -0.05) is 95.2 Å².